The average Bonchev–Trinajstić information content (AvgIpc) is 2.42. The predicted octanol–water partition coefficient (Wildman–Crippen LogP) is 1.73. The number of nitrogens with one attached hydrogen (secondary N) is 1. The normalized spacial score (nSPS) is 9.63. The molecule has 0 spiro atoms. The van der Waals surface area contributed by atoms with Gasteiger partial charge in [-0.05, 0) is 25.1 Å². The van der Waals surface area contributed by atoms with Crippen molar-refractivity contribution in [1.29, 1.82) is 0 Å². The Morgan fingerprint density at radius 2 is 2.05 bits per heavy atom. The van der Waals surface area contributed by atoms with Gasteiger partial charge in [0.2, 0.25) is 0 Å². The molecule has 0 aromatic heterocycles. The third kappa shape index (κ3) is 5.94. The van der Waals surface area contributed by atoms with E-state index in [0.29, 0.717) is 6.54 Å². The molecule has 0 radical (unpaired) electrons. The molecule has 0 saturated heterocycles. The van der Waals surface area contributed by atoms with Gasteiger partial charge in [-0.15, -0.1) is 12.4 Å². The minimum Gasteiger partial charge on any atom is -0.483 e. The minimum atomic E-state index is -0.00356. The molecule has 0 fully saturated rings. The van der Waals surface area contributed by atoms with Crippen LogP contribution in [0.3, 0.4) is 0 Å². The number of aryl methyl sites for hydroxylation is 1. The lowest BCUT2D eigenvalue weighted by Gasteiger charge is -2.17. The van der Waals surface area contributed by atoms with Gasteiger partial charge in [-0.2, -0.15) is 0 Å². The van der Waals surface area contributed by atoms with Crippen LogP contribution in [0.4, 0.5) is 0 Å². The first-order chi connectivity index (χ1) is 8.69. The topological polar surface area (TPSA) is 41.6 Å². The molecule has 1 aromatic rings. The van der Waals surface area contributed by atoms with Crippen molar-refractivity contribution in [2.24, 2.45) is 0 Å². The third-order valence-corrected chi connectivity index (χ3v) is 2.83. The van der Waals surface area contributed by atoms with Gasteiger partial charge in [0.1, 0.15) is 5.75 Å². The largest absolute Gasteiger partial charge is 0.483 e. The Hall–Kier alpha value is -1.26. The van der Waals surface area contributed by atoms with E-state index < -0.39 is 0 Å². The van der Waals surface area contributed by atoms with Crippen LogP contribution in [0.15, 0.2) is 24.3 Å². The van der Waals surface area contributed by atoms with Crippen LogP contribution in [0.1, 0.15) is 12.5 Å². The zero-order chi connectivity index (χ0) is 13.4. The Bertz CT molecular complexity index is 385. The first-order valence-electron chi connectivity index (χ1n) is 6.28. The quantitative estimate of drug-likeness (QED) is 0.830. The predicted molar refractivity (Wildman–Crippen MR) is 80.1 cm³/mol. The molecule has 0 heterocycles. The van der Waals surface area contributed by atoms with E-state index in [1.807, 2.05) is 31.3 Å². The maximum Gasteiger partial charge on any atom is 0.260 e. The Labute approximate surface area is 121 Å². The standard InChI is InChI=1S/C14H22N2O2.ClH/c1-4-12-7-5-6-8-13(12)18-11-14(17)16(3)10-9-15-2;/h5-8,15H,4,9-11H2,1-3H3;1H. The maximum atomic E-state index is 11.8. The fourth-order valence-corrected chi connectivity index (χ4v) is 1.59. The van der Waals surface area contributed by atoms with Crippen molar-refractivity contribution in [3.8, 4) is 5.75 Å². The molecule has 19 heavy (non-hydrogen) atoms. The van der Waals surface area contributed by atoms with E-state index in [4.69, 9.17) is 4.74 Å². The molecular weight excluding hydrogens is 264 g/mol. The van der Waals surface area contributed by atoms with Crippen molar-refractivity contribution in [3.05, 3.63) is 29.8 Å². The molecule has 1 N–H and O–H groups in total. The molecule has 0 unspecified atom stereocenters. The van der Waals surface area contributed by atoms with Crippen LogP contribution in [0, 0.1) is 0 Å². The number of nitrogens with zero attached hydrogens (tertiary/aromatic N) is 1. The molecule has 1 rings (SSSR count). The van der Waals surface area contributed by atoms with Gasteiger partial charge in [-0.25, -0.2) is 0 Å². The summed E-state index contributed by atoms with van der Waals surface area (Å²) in [6, 6.07) is 7.82. The fraction of sp³-hybridized carbons (Fsp3) is 0.500. The van der Waals surface area contributed by atoms with E-state index >= 15 is 0 Å². The highest BCUT2D eigenvalue weighted by Gasteiger charge is 2.09. The highest BCUT2D eigenvalue weighted by molar-refractivity contribution is 5.85. The van der Waals surface area contributed by atoms with Crippen molar-refractivity contribution in [1.82, 2.24) is 10.2 Å². The van der Waals surface area contributed by atoms with Gasteiger partial charge in [0.25, 0.3) is 5.91 Å². The van der Waals surface area contributed by atoms with Gasteiger partial charge in [0, 0.05) is 20.1 Å². The van der Waals surface area contributed by atoms with E-state index in [-0.39, 0.29) is 24.9 Å². The lowest BCUT2D eigenvalue weighted by molar-refractivity contribution is -0.132. The summed E-state index contributed by atoms with van der Waals surface area (Å²) in [5, 5.41) is 3.01. The number of hydrogen-bond donors (Lipinski definition) is 1. The van der Waals surface area contributed by atoms with Crippen LogP contribution in [0.5, 0.6) is 5.75 Å². The van der Waals surface area contributed by atoms with Gasteiger partial charge < -0.3 is 15.0 Å². The second-order valence-electron chi connectivity index (χ2n) is 4.17. The number of hydrogen-bond acceptors (Lipinski definition) is 3. The smallest absolute Gasteiger partial charge is 0.260 e. The van der Waals surface area contributed by atoms with E-state index in [1.165, 1.54) is 0 Å². The van der Waals surface area contributed by atoms with Gasteiger partial charge >= 0.3 is 0 Å². The molecule has 0 saturated carbocycles. The summed E-state index contributed by atoms with van der Waals surface area (Å²) in [5.41, 5.74) is 1.13. The summed E-state index contributed by atoms with van der Waals surface area (Å²) < 4.78 is 5.58. The van der Waals surface area contributed by atoms with E-state index in [0.717, 1.165) is 24.3 Å². The second kappa shape index (κ2) is 9.64. The molecule has 108 valence electrons. The second-order valence-corrected chi connectivity index (χ2v) is 4.17. The summed E-state index contributed by atoms with van der Waals surface area (Å²) in [6.07, 6.45) is 0.903. The SMILES string of the molecule is CCc1ccccc1OCC(=O)N(C)CCNC.Cl. The first-order valence-corrected chi connectivity index (χ1v) is 6.28. The number of rotatable bonds is 7. The lowest BCUT2D eigenvalue weighted by atomic mass is 10.1. The molecule has 5 heteroatoms. The fourth-order valence-electron chi connectivity index (χ4n) is 1.59. The molecule has 1 amide bonds. The molecule has 0 aliphatic heterocycles. The third-order valence-electron chi connectivity index (χ3n) is 2.83. The Morgan fingerprint density at radius 1 is 1.37 bits per heavy atom. The number of ether oxygens (including phenoxy) is 1. The number of benzene rings is 1. The van der Waals surface area contributed by atoms with Gasteiger partial charge in [-0.3, -0.25) is 4.79 Å². The number of carbonyl (C=O) groups excluding carboxylic acids is 1. The number of amides is 1. The molecular formula is C14H23ClN2O2. The van der Waals surface area contributed by atoms with Crippen LogP contribution in [-0.4, -0.2) is 44.6 Å². The van der Waals surface area contributed by atoms with Crippen LogP contribution in [0.25, 0.3) is 0 Å². The molecule has 4 nitrogen and oxygen atoms in total. The zero-order valence-corrected chi connectivity index (χ0v) is 12.6. The van der Waals surface area contributed by atoms with Crippen molar-refractivity contribution in [2.45, 2.75) is 13.3 Å². The summed E-state index contributed by atoms with van der Waals surface area (Å²) in [4.78, 5) is 13.5. The van der Waals surface area contributed by atoms with Crippen LogP contribution in [0.2, 0.25) is 0 Å². The highest BCUT2D eigenvalue weighted by atomic mass is 35.5. The Kier molecular flexibility index (Phi) is 9.00. The molecule has 0 atom stereocenters. The van der Waals surface area contributed by atoms with Gasteiger partial charge in [0.05, 0.1) is 0 Å². The summed E-state index contributed by atoms with van der Waals surface area (Å²) in [7, 11) is 3.65. The van der Waals surface area contributed by atoms with E-state index in [2.05, 4.69) is 12.2 Å². The van der Waals surface area contributed by atoms with E-state index in [1.54, 1.807) is 11.9 Å². The lowest BCUT2D eigenvalue weighted by Crippen LogP contribution is -2.36. The van der Waals surface area contributed by atoms with Crippen molar-refractivity contribution in [3.63, 3.8) is 0 Å². The highest BCUT2D eigenvalue weighted by Crippen LogP contribution is 2.18. The van der Waals surface area contributed by atoms with Crippen molar-refractivity contribution < 1.29 is 9.53 Å². The Balaban J connectivity index is 0.00000324. The van der Waals surface area contributed by atoms with Crippen LogP contribution < -0.4 is 10.1 Å². The molecule has 0 aliphatic rings. The summed E-state index contributed by atoms with van der Waals surface area (Å²) in [6.45, 7) is 3.64. The first kappa shape index (κ1) is 17.7. The molecule has 0 bridgehead atoms. The van der Waals surface area contributed by atoms with Crippen molar-refractivity contribution in [2.75, 3.05) is 33.8 Å². The van der Waals surface area contributed by atoms with Crippen LogP contribution >= 0.6 is 12.4 Å². The van der Waals surface area contributed by atoms with Crippen LogP contribution in [-0.2, 0) is 11.2 Å². The summed E-state index contributed by atoms with van der Waals surface area (Å²) >= 11 is 0. The average molecular weight is 287 g/mol. The molecule has 1 aromatic carbocycles. The van der Waals surface area contributed by atoms with E-state index in [9.17, 15) is 4.79 Å². The number of likely N-dealkylation sites (N-methyl/N-ethyl adjacent to an activating group) is 2. The Morgan fingerprint density at radius 3 is 2.68 bits per heavy atom. The minimum absolute atomic E-state index is 0. The van der Waals surface area contributed by atoms with Gasteiger partial charge in [0.15, 0.2) is 6.61 Å². The zero-order valence-electron chi connectivity index (χ0n) is 11.8. The summed E-state index contributed by atoms with van der Waals surface area (Å²) in [5.74, 6) is 0.798. The number of carbonyl (C=O) groups is 1. The van der Waals surface area contributed by atoms with Crippen molar-refractivity contribution >= 4 is 18.3 Å². The number of halogens is 1. The maximum absolute atomic E-state index is 11.8. The van der Waals surface area contributed by atoms with Gasteiger partial charge in [-0.1, -0.05) is 25.1 Å². The number of para-hydroxylation sites is 1. The molecule has 0 aliphatic carbocycles. The monoisotopic (exact) mass is 286 g/mol.